The molecule has 0 amide bonds. The third-order valence-corrected chi connectivity index (χ3v) is 3.52. The van der Waals surface area contributed by atoms with Gasteiger partial charge in [-0.2, -0.15) is 5.10 Å². The Kier molecular flexibility index (Phi) is 2.56. The van der Waals surface area contributed by atoms with Crippen LogP contribution in [0.4, 0.5) is 5.69 Å². The summed E-state index contributed by atoms with van der Waals surface area (Å²) in [6, 6.07) is 6.33. The monoisotopic (exact) mass is 263 g/mol. The number of fused-ring (bicyclic) bond motifs is 1. The van der Waals surface area contributed by atoms with Crippen molar-refractivity contribution in [3.05, 3.63) is 50.8 Å². The van der Waals surface area contributed by atoms with Crippen LogP contribution in [0.25, 0.3) is 5.69 Å². The zero-order valence-corrected chi connectivity index (χ0v) is 10.2. The van der Waals surface area contributed by atoms with Gasteiger partial charge in [0.2, 0.25) is 0 Å². The van der Waals surface area contributed by atoms with Gasteiger partial charge >= 0.3 is 0 Å². The molecule has 2 aromatic rings. The van der Waals surface area contributed by atoms with Crippen molar-refractivity contribution in [2.75, 3.05) is 0 Å². The van der Waals surface area contributed by atoms with Crippen LogP contribution in [0.3, 0.4) is 0 Å². The maximum absolute atomic E-state index is 10.8. The molecule has 1 aliphatic carbocycles. The zero-order valence-electron chi connectivity index (χ0n) is 9.47. The van der Waals surface area contributed by atoms with Gasteiger partial charge in [-0.15, -0.1) is 0 Å². The summed E-state index contributed by atoms with van der Waals surface area (Å²) in [7, 11) is 0. The highest BCUT2D eigenvalue weighted by molar-refractivity contribution is 6.30. The van der Waals surface area contributed by atoms with Crippen molar-refractivity contribution in [3.63, 3.8) is 0 Å². The maximum atomic E-state index is 10.8. The number of aromatic nitrogens is 2. The molecule has 1 aliphatic rings. The number of nitrogens with zero attached hydrogens (tertiary/aromatic N) is 3. The molecule has 1 aromatic heterocycles. The fourth-order valence-corrected chi connectivity index (χ4v) is 2.60. The zero-order chi connectivity index (χ0) is 12.7. The second kappa shape index (κ2) is 4.10. The third-order valence-electron chi connectivity index (χ3n) is 3.13. The Hall–Kier alpha value is -1.88. The SMILES string of the molecule is O=[N+]([O-])c1cccc(-n2nc3c(c2Cl)CCC3)c1. The summed E-state index contributed by atoms with van der Waals surface area (Å²) < 4.78 is 1.58. The van der Waals surface area contributed by atoms with Crippen LogP contribution in [0.1, 0.15) is 17.7 Å². The van der Waals surface area contributed by atoms with Gasteiger partial charge in [0.25, 0.3) is 5.69 Å². The third kappa shape index (κ3) is 1.67. The van der Waals surface area contributed by atoms with E-state index in [1.165, 1.54) is 12.1 Å². The minimum Gasteiger partial charge on any atom is -0.258 e. The summed E-state index contributed by atoms with van der Waals surface area (Å²) in [5, 5.41) is 15.7. The van der Waals surface area contributed by atoms with E-state index in [-0.39, 0.29) is 5.69 Å². The minimum absolute atomic E-state index is 0.0410. The Morgan fingerprint density at radius 2 is 2.22 bits per heavy atom. The van der Waals surface area contributed by atoms with E-state index in [0.717, 1.165) is 30.5 Å². The number of halogens is 1. The summed E-state index contributed by atoms with van der Waals surface area (Å²) in [5.74, 6) is 0. The quantitative estimate of drug-likeness (QED) is 0.618. The molecular weight excluding hydrogens is 254 g/mol. The number of aryl methyl sites for hydroxylation is 1. The van der Waals surface area contributed by atoms with Gasteiger partial charge in [-0.05, 0) is 25.3 Å². The van der Waals surface area contributed by atoms with E-state index in [4.69, 9.17) is 11.6 Å². The van der Waals surface area contributed by atoms with E-state index < -0.39 is 4.92 Å². The molecule has 0 aliphatic heterocycles. The van der Waals surface area contributed by atoms with E-state index in [1.54, 1.807) is 16.8 Å². The standard InChI is InChI=1S/C12H10ClN3O2/c13-12-10-5-2-6-11(10)14-15(12)8-3-1-4-9(7-8)16(17)18/h1,3-4,7H,2,5-6H2. The van der Waals surface area contributed by atoms with E-state index in [2.05, 4.69) is 5.10 Å². The predicted molar refractivity (Wildman–Crippen MR) is 67.3 cm³/mol. The van der Waals surface area contributed by atoms with Crippen molar-refractivity contribution in [1.82, 2.24) is 9.78 Å². The molecule has 0 bridgehead atoms. The largest absolute Gasteiger partial charge is 0.271 e. The molecule has 0 N–H and O–H groups in total. The van der Waals surface area contributed by atoms with Crippen LogP contribution in [-0.2, 0) is 12.8 Å². The highest BCUT2D eigenvalue weighted by atomic mass is 35.5. The number of nitro groups is 1. The van der Waals surface area contributed by atoms with Gasteiger partial charge < -0.3 is 0 Å². The first-order valence-corrected chi connectivity index (χ1v) is 6.05. The van der Waals surface area contributed by atoms with Gasteiger partial charge in [0.05, 0.1) is 16.3 Å². The van der Waals surface area contributed by atoms with Crippen LogP contribution in [0, 0.1) is 10.1 Å². The Labute approximate surface area is 108 Å². The number of benzene rings is 1. The van der Waals surface area contributed by atoms with E-state index in [0.29, 0.717) is 10.8 Å². The fourth-order valence-electron chi connectivity index (χ4n) is 2.26. The van der Waals surface area contributed by atoms with Crippen molar-refractivity contribution >= 4 is 17.3 Å². The normalized spacial score (nSPS) is 13.6. The molecule has 0 unspecified atom stereocenters. The molecule has 1 heterocycles. The molecular formula is C12H10ClN3O2. The highest BCUT2D eigenvalue weighted by Gasteiger charge is 2.22. The van der Waals surface area contributed by atoms with Crippen molar-refractivity contribution < 1.29 is 4.92 Å². The molecule has 0 atom stereocenters. The Morgan fingerprint density at radius 3 is 2.94 bits per heavy atom. The summed E-state index contributed by atoms with van der Waals surface area (Å²) in [6.07, 6.45) is 2.94. The summed E-state index contributed by atoms with van der Waals surface area (Å²) in [6.45, 7) is 0. The molecule has 0 radical (unpaired) electrons. The van der Waals surface area contributed by atoms with Crippen molar-refractivity contribution in [2.24, 2.45) is 0 Å². The van der Waals surface area contributed by atoms with Crippen molar-refractivity contribution in [3.8, 4) is 5.69 Å². The minimum atomic E-state index is -0.422. The average Bonchev–Trinajstić information content (AvgIpc) is 2.93. The van der Waals surface area contributed by atoms with Gasteiger partial charge in [-0.3, -0.25) is 10.1 Å². The van der Waals surface area contributed by atoms with Crippen LogP contribution in [0.5, 0.6) is 0 Å². The van der Waals surface area contributed by atoms with E-state index >= 15 is 0 Å². The fraction of sp³-hybridized carbons (Fsp3) is 0.250. The van der Waals surface area contributed by atoms with Gasteiger partial charge in [-0.25, -0.2) is 4.68 Å². The van der Waals surface area contributed by atoms with Crippen LogP contribution >= 0.6 is 11.6 Å². The number of hydrogen-bond acceptors (Lipinski definition) is 3. The van der Waals surface area contributed by atoms with Crippen LogP contribution < -0.4 is 0 Å². The molecule has 0 saturated carbocycles. The van der Waals surface area contributed by atoms with Crippen LogP contribution in [-0.4, -0.2) is 14.7 Å². The van der Waals surface area contributed by atoms with Gasteiger partial charge in [-0.1, -0.05) is 17.7 Å². The summed E-state index contributed by atoms with van der Waals surface area (Å²) >= 11 is 6.27. The lowest BCUT2D eigenvalue weighted by Crippen LogP contribution is -1.99. The Bertz CT molecular complexity index is 636. The number of non-ortho nitro benzene ring substituents is 1. The lowest BCUT2D eigenvalue weighted by molar-refractivity contribution is -0.384. The number of hydrogen-bond donors (Lipinski definition) is 0. The molecule has 92 valence electrons. The van der Waals surface area contributed by atoms with Gasteiger partial charge in [0.1, 0.15) is 5.15 Å². The molecule has 0 spiro atoms. The number of rotatable bonds is 2. The average molecular weight is 264 g/mol. The summed E-state index contributed by atoms with van der Waals surface area (Å²) in [5.41, 5.74) is 2.75. The Morgan fingerprint density at radius 1 is 1.39 bits per heavy atom. The van der Waals surface area contributed by atoms with Crippen molar-refractivity contribution in [2.45, 2.75) is 19.3 Å². The van der Waals surface area contributed by atoms with Gasteiger partial charge in [0.15, 0.2) is 0 Å². The van der Waals surface area contributed by atoms with E-state index in [9.17, 15) is 10.1 Å². The molecule has 18 heavy (non-hydrogen) atoms. The van der Waals surface area contributed by atoms with Crippen LogP contribution in [0.2, 0.25) is 5.15 Å². The summed E-state index contributed by atoms with van der Waals surface area (Å²) in [4.78, 5) is 10.3. The maximum Gasteiger partial charge on any atom is 0.271 e. The lowest BCUT2D eigenvalue weighted by atomic mass is 10.2. The molecule has 3 rings (SSSR count). The first-order chi connectivity index (χ1) is 8.66. The molecule has 0 saturated heterocycles. The predicted octanol–water partition coefficient (Wildman–Crippen LogP) is 2.92. The second-order valence-corrected chi connectivity index (χ2v) is 4.62. The lowest BCUT2D eigenvalue weighted by Gasteiger charge is -2.03. The molecule has 5 nitrogen and oxygen atoms in total. The highest BCUT2D eigenvalue weighted by Crippen LogP contribution is 2.31. The smallest absolute Gasteiger partial charge is 0.258 e. The second-order valence-electron chi connectivity index (χ2n) is 4.26. The topological polar surface area (TPSA) is 61.0 Å². The molecule has 0 fully saturated rings. The molecule has 6 heteroatoms. The first kappa shape index (κ1) is 11.2. The van der Waals surface area contributed by atoms with Gasteiger partial charge in [0, 0.05) is 17.7 Å². The first-order valence-electron chi connectivity index (χ1n) is 5.68. The van der Waals surface area contributed by atoms with Crippen LogP contribution in [0.15, 0.2) is 24.3 Å². The molecule has 1 aromatic carbocycles. The number of nitro benzene ring substituents is 1. The van der Waals surface area contributed by atoms with Crippen molar-refractivity contribution in [1.29, 1.82) is 0 Å². The van der Waals surface area contributed by atoms with E-state index in [1.807, 2.05) is 0 Å². The Balaban J connectivity index is 2.10.